The lowest BCUT2D eigenvalue weighted by Crippen LogP contribution is -2.02. The highest BCUT2D eigenvalue weighted by molar-refractivity contribution is 14.1. The summed E-state index contributed by atoms with van der Waals surface area (Å²) in [4.78, 5) is 15.1. The summed E-state index contributed by atoms with van der Waals surface area (Å²) in [5.41, 5.74) is 7.83. The van der Waals surface area contributed by atoms with Crippen LogP contribution in [0.1, 0.15) is 5.56 Å². The summed E-state index contributed by atoms with van der Waals surface area (Å²) in [5.74, 6) is 0.566. The van der Waals surface area contributed by atoms with Crippen molar-refractivity contribution in [3.63, 3.8) is 0 Å². The second-order valence-corrected chi connectivity index (χ2v) is 5.15. The molecule has 0 saturated carbocycles. The van der Waals surface area contributed by atoms with Gasteiger partial charge >= 0.3 is 0 Å². The Bertz CT molecular complexity index is 710. The Labute approximate surface area is 122 Å². The number of nitrogen functional groups attached to an aromatic ring is 1. The number of nitrogens with two attached hydrogens (primary N) is 1. The number of rotatable bonds is 3. The lowest BCUT2D eigenvalue weighted by atomic mass is 10.2. The Kier molecular flexibility index (Phi) is 3.20. The van der Waals surface area contributed by atoms with Gasteiger partial charge < -0.3 is 15.5 Å². The molecule has 0 aliphatic carbocycles. The molecule has 0 saturated heterocycles. The van der Waals surface area contributed by atoms with Crippen LogP contribution in [-0.2, 0) is 6.61 Å². The van der Waals surface area contributed by atoms with E-state index in [-0.39, 0.29) is 5.95 Å². The van der Waals surface area contributed by atoms with E-state index in [1.165, 1.54) is 9.90 Å². The number of aromatic amines is 1. The van der Waals surface area contributed by atoms with Crippen molar-refractivity contribution in [1.29, 1.82) is 0 Å². The number of nitrogens with one attached hydrogen (secondary N) is 1. The Hall–Kier alpha value is -1.90. The summed E-state index contributed by atoms with van der Waals surface area (Å²) in [7, 11) is 0. The van der Waals surface area contributed by atoms with Gasteiger partial charge in [0.2, 0.25) is 11.8 Å². The largest absolute Gasteiger partial charge is 0.471 e. The van der Waals surface area contributed by atoms with E-state index in [1.807, 2.05) is 24.3 Å². The average molecular weight is 365 g/mol. The van der Waals surface area contributed by atoms with E-state index in [1.54, 1.807) is 0 Å². The molecule has 0 amide bonds. The van der Waals surface area contributed by atoms with Crippen LogP contribution in [0.15, 0.2) is 30.6 Å². The molecular weight excluding hydrogens is 355 g/mol. The van der Waals surface area contributed by atoms with E-state index in [0.29, 0.717) is 23.7 Å². The van der Waals surface area contributed by atoms with Gasteiger partial charge in [0, 0.05) is 3.57 Å². The Morgan fingerprint density at radius 1 is 1.21 bits per heavy atom. The molecule has 0 aliphatic heterocycles. The number of H-pyrrole nitrogens is 1. The highest BCUT2D eigenvalue weighted by Gasteiger charge is 2.09. The maximum Gasteiger partial charge on any atom is 0.245 e. The summed E-state index contributed by atoms with van der Waals surface area (Å²) >= 11 is 2.26. The number of benzene rings is 1. The number of ether oxygens (including phenoxy) is 1. The summed E-state index contributed by atoms with van der Waals surface area (Å²) in [6, 6.07) is 8.08. The third-order valence-corrected chi connectivity index (χ3v) is 3.28. The average Bonchev–Trinajstić information content (AvgIpc) is 2.85. The fraction of sp³-hybridized carbons (Fsp3) is 0.0833. The zero-order valence-electron chi connectivity index (χ0n) is 9.80. The second kappa shape index (κ2) is 5.00. The SMILES string of the molecule is Nc1nc(OCc2ccc([125I])cc2)c2[nH]cnc2n1. The summed E-state index contributed by atoms with van der Waals surface area (Å²) in [5, 5.41) is 0. The smallest absolute Gasteiger partial charge is 0.245 e. The van der Waals surface area contributed by atoms with E-state index in [0.717, 1.165) is 5.56 Å². The second-order valence-electron chi connectivity index (χ2n) is 3.90. The third kappa shape index (κ3) is 2.60. The number of imidazole rings is 1. The molecule has 6 nitrogen and oxygen atoms in total. The van der Waals surface area contributed by atoms with Gasteiger partial charge in [0.05, 0.1) is 6.33 Å². The predicted octanol–water partition coefficient (Wildman–Crippen LogP) is 2.12. The highest BCUT2D eigenvalue weighted by Crippen LogP contribution is 2.20. The molecule has 0 bridgehead atoms. The van der Waals surface area contributed by atoms with Crippen LogP contribution in [0.4, 0.5) is 5.95 Å². The first-order valence-corrected chi connectivity index (χ1v) is 6.64. The van der Waals surface area contributed by atoms with Gasteiger partial charge in [0.25, 0.3) is 0 Å². The number of fused-ring (bicyclic) bond motifs is 1. The number of halogens is 1. The summed E-state index contributed by atoms with van der Waals surface area (Å²) in [6.45, 7) is 0.418. The van der Waals surface area contributed by atoms with E-state index in [2.05, 4.69) is 42.5 Å². The number of aromatic nitrogens is 4. The zero-order chi connectivity index (χ0) is 13.2. The van der Waals surface area contributed by atoms with E-state index < -0.39 is 0 Å². The van der Waals surface area contributed by atoms with Crippen molar-refractivity contribution < 1.29 is 4.74 Å². The molecule has 0 aliphatic rings. The monoisotopic (exact) mass is 365 g/mol. The van der Waals surface area contributed by atoms with Crippen molar-refractivity contribution >= 4 is 39.7 Å². The number of hydrogen-bond donors (Lipinski definition) is 2. The quantitative estimate of drug-likeness (QED) is 0.694. The lowest BCUT2D eigenvalue weighted by molar-refractivity contribution is 0.297. The molecule has 2 heterocycles. The summed E-state index contributed by atoms with van der Waals surface area (Å²) in [6.07, 6.45) is 1.54. The van der Waals surface area contributed by atoms with Gasteiger partial charge in [0.15, 0.2) is 5.65 Å². The van der Waals surface area contributed by atoms with Crippen molar-refractivity contribution in [3.05, 3.63) is 39.7 Å². The van der Waals surface area contributed by atoms with Crippen LogP contribution in [0.3, 0.4) is 0 Å². The van der Waals surface area contributed by atoms with Crippen LogP contribution >= 0.6 is 22.6 Å². The van der Waals surface area contributed by atoms with Crippen molar-refractivity contribution in [1.82, 2.24) is 19.9 Å². The first-order valence-electron chi connectivity index (χ1n) is 5.56. The lowest BCUT2D eigenvalue weighted by Gasteiger charge is -2.06. The maximum absolute atomic E-state index is 5.68. The van der Waals surface area contributed by atoms with Crippen molar-refractivity contribution in [3.8, 4) is 5.88 Å². The maximum atomic E-state index is 5.68. The van der Waals surface area contributed by atoms with Gasteiger partial charge in [-0.1, -0.05) is 12.1 Å². The first kappa shape index (κ1) is 12.2. The molecule has 7 heteroatoms. The van der Waals surface area contributed by atoms with Gasteiger partial charge in [-0.15, -0.1) is 0 Å². The van der Waals surface area contributed by atoms with Crippen LogP contribution in [0.2, 0.25) is 0 Å². The van der Waals surface area contributed by atoms with Gasteiger partial charge in [-0.05, 0) is 40.3 Å². The molecule has 3 rings (SSSR count). The van der Waals surface area contributed by atoms with Crippen LogP contribution < -0.4 is 10.5 Å². The number of anilines is 1. The minimum atomic E-state index is 0.150. The highest BCUT2D eigenvalue weighted by atomic mass is 125. The Balaban J connectivity index is 1.85. The fourth-order valence-corrected chi connectivity index (χ4v) is 2.02. The molecule has 2 aromatic heterocycles. The normalized spacial score (nSPS) is 10.8. The number of nitrogens with zero attached hydrogens (tertiary/aromatic N) is 3. The molecule has 3 N–H and O–H groups in total. The van der Waals surface area contributed by atoms with Crippen LogP contribution in [0.5, 0.6) is 5.88 Å². The van der Waals surface area contributed by atoms with Gasteiger partial charge in [-0.25, -0.2) is 4.98 Å². The van der Waals surface area contributed by atoms with Gasteiger partial charge in [-0.2, -0.15) is 9.97 Å². The fourth-order valence-electron chi connectivity index (χ4n) is 1.66. The molecule has 0 spiro atoms. The van der Waals surface area contributed by atoms with Crippen LogP contribution in [-0.4, -0.2) is 19.9 Å². The molecule has 96 valence electrons. The molecular formula is C12H10IN5O. The van der Waals surface area contributed by atoms with Crippen LogP contribution in [0.25, 0.3) is 11.2 Å². The minimum Gasteiger partial charge on any atom is -0.471 e. The molecule has 19 heavy (non-hydrogen) atoms. The van der Waals surface area contributed by atoms with Crippen LogP contribution in [0, 0.1) is 3.57 Å². The first-order chi connectivity index (χ1) is 9.22. The van der Waals surface area contributed by atoms with E-state index in [9.17, 15) is 0 Å². The molecule has 3 aromatic rings. The minimum absolute atomic E-state index is 0.150. The van der Waals surface area contributed by atoms with Gasteiger partial charge in [0.1, 0.15) is 12.1 Å². The van der Waals surface area contributed by atoms with Crippen molar-refractivity contribution in [2.45, 2.75) is 6.61 Å². The zero-order valence-corrected chi connectivity index (χ0v) is 12.0. The van der Waals surface area contributed by atoms with Gasteiger partial charge in [-0.3, -0.25) is 0 Å². The summed E-state index contributed by atoms with van der Waals surface area (Å²) < 4.78 is 6.86. The third-order valence-electron chi connectivity index (χ3n) is 2.56. The Morgan fingerprint density at radius 3 is 2.79 bits per heavy atom. The predicted molar refractivity (Wildman–Crippen MR) is 79.6 cm³/mol. The van der Waals surface area contributed by atoms with E-state index in [4.69, 9.17) is 10.5 Å². The Morgan fingerprint density at radius 2 is 2.00 bits per heavy atom. The molecule has 0 radical (unpaired) electrons. The number of hydrogen-bond acceptors (Lipinski definition) is 5. The molecule has 0 atom stereocenters. The molecule has 0 fully saturated rings. The van der Waals surface area contributed by atoms with E-state index >= 15 is 0 Å². The standard InChI is InChI=1S/C12H10IN5O/c13-8-3-1-7(2-4-8)5-19-11-9-10(16-6-15-9)17-12(14)18-11/h1-4,6H,5H2,(H3,14,15,16,17,18)/i13-2. The van der Waals surface area contributed by atoms with Crippen molar-refractivity contribution in [2.24, 2.45) is 0 Å². The molecule has 1 aromatic carbocycles. The topological polar surface area (TPSA) is 89.7 Å². The van der Waals surface area contributed by atoms with Crippen molar-refractivity contribution in [2.75, 3.05) is 5.73 Å². The molecule has 0 unspecified atom stereocenters.